The zero-order valence-electron chi connectivity index (χ0n) is 20.0. The van der Waals surface area contributed by atoms with Crippen molar-refractivity contribution >= 4 is 27.6 Å². The third-order valence-electron chi connectivity index (χ3n) is 7.49. The molecule has 0 bridgehead atoms. The molecule has 2 aliphatic heterocycles. The van der Waals surface area contributed by atoms with Crippen LogP contribution in [0.5, 0.6) is 0 Å². The maximum atomic E-state index is 12.3. The molecule has 2 fully saturated rings. The molecule has 3 heterocycles. The highest BCUT2D eigenvalue weighted by atomic mass is 35.5. The van der Waals surface area contributed by atoms with E-state index in [1.54, 1.807) is 30.5 Å². The standard InChI is InChI=1S/C23H39ClN4O3S/c1-5-23(4,19-7-11-27(12-8-19)22-25-15-20(24)16-26-22)10-6-14-31-21-9-13-28(17-21)32(29,30)18(2)3/h15-16,18-19,21H,5-14,17H2,1-4H3/t21-,23?/m0/s1. The van der Waals surface area contributed by atoms with E-state index in [1.807, 2.05) is 0 Å². The molecule has 0 aromatic carbocycles. The van der Waals surface area contributed by atoms with Crippen molar-refractivity contribution in [3.8, 4) is 0 Å². The van der Waals surface area contributed by atoms with Crippen molar-refractivity contribution < 1.29 is 13.2 Å². The van der Waals surface area contributed by atoms with E-state index in [4.69, 9.17) is 16.3 Å². The van der Waals surface area contributed by atoms with E-state index in [9.17, 15) is 8.42 Å². The van der Waals surface area contributed by atoms with Gasteiger partial charge in [0.15, 0.2) is 0 Å². The summed E-state index contributed by atoms with van der Waals surface area (Å²) >= 11 is 5.91. The van der Waals surface area contributed by atoms with Gasteiger partial charge in [-0.2, -0.15) is 4.31 Å². The first-order valence-corrected chi connectivity index (χ1v) is 13.9. The van der Waals surface area contributed by atoms with Crippen LogP contribution in [0, 0.1) is 11.3 Å². The summed E-state index contributed by atoms with van der Waals surface area (Å²) in [5.41, 5.74) is 0.291. The van der Waals surface area contributed by atoms with Gasteiger partial charge in [-0.15, -0.1) is 0 Å². The Kier molecular flexibility index (Phi) is 8.80. The smallest absolute Gasteiger partial charge is 0.225 e. The van der Waals surface area contributed by atoms with Gasteiger partial charge in [0.05, 0.1) is 28.8 Å². The van der Waals surface area contributed by atoms with E-state index < -0.39 is 10.0 Å². The summed E-state index contributed by atoms with van der Waals surface area (Å²) in [6.45, 7) is 11.9. The van der Waals surface area contributed by atoms with Gasteiger partial charge in [0.2, 0.25) is 16.0 Å². The molecule has 0 radical (unpaired) electrons. The summed E-state index contributed by atoms with van der Waals surface area (Å²) in [6, 6.07) is 0. The zero-order chi connectivity index (χ0) is 23.4. The topological polar surface area (TPSA) is 75.6 Å². The lowest BCUT2D eigenvalue weighted by atomic mass is 9.68. The average Bonchev–Trinajstić information content (AvgIpc) is 3.27. The van der Waals surface area contributed by atoms with Gasteiger partial charge in [0.25, 0.3) is 0 Å². The van der Waals surface area contributed by atoms with Gasteiger partial charge in [0.1, 0.15) is 0 Å². The van der Waals surface area contributed by atoms with Crippen LogP contribution in [0.15, 0.2) is 12.4 Å². The molecule has 0 aliphatic carbocycles. The van der Waals surface area contributed by atoms with Crippen molar-refractivity contribution in [3.05, 3.63) is 17.4 Å². The number of ether oxygens (including phenoxy) is 1. The quantitative estimate of drug-likeness (QED) is 0.457. The van der Waals surface area contributed by atoms with Gasteiger partial charge in [0, 0.05) is 32.8 Å². The monoisotopic (exact) mass is 486 g/mol. The first-order chi connectivity index (χ1) is 15.2. The Bertz CT molecular complexity index is 828. The number of aromatic nitrogens is 2. The van der Waals surface area contributed by atoms with Crippen LogP contribution in [0.1, 0.15) is 66.2 Å². The van der Waals surface area contributed by atoms with Crippen LogP contribution in [-0.2, 0) is 14.8 Å². The molecule has 2 aliphatic rings. The minimum atomic E-state index is -3.17. The first-order valence-electron chi connectivity index (χ1n) is 12.0. The second-order valence-electron chi connectivity index (χ2n) is 9.81. The van der Waals surface area contributed by atoms with E-state index in [-0.39, 0.29) is 11.4 Å². The second kappa shape index (κ2) is 11.0. The molecule has 9 heteroatoms. The van der Waals surface area contributed by atoms with Crippen LogP contribution < -0.4 is 4.90 Å². The molecule has 0 N–H and O–H groups in total. The van der Waals surface area contributed by atoms with Gasteiger partial charge in [-0.1, -0.05) is 31.9 Å². The number of hydrogen-bond donors (Lipinski definition) is 0. The average molecular weight is 487 g/mol. The molecule has 3 rings (SSSR count). The Morgan fingerprint density at radius 1 is 1.19 bits per heavy atom. The number of piperidine rings is 1. The van der Waals surface area contributed by atoms with Crippen LogP contribution in [-0.4, -0.2) is 66.8 Å². The lowest BCUT2D eigenvalue weighted by Gasteiger charge is -2.42. The molecule has 2 atom stereocenters. The predicted octanol–water partition coefficient (Wildman–Crippen LogP) is 4.37. The highest BCUT2D eigenvalue weighted by molar-refractivity contribution is 7.89. The molecule has 2 saturated heterocycles. The lowest BCUT2D eigenvalue weighted by Crippen LogP contribution is -2.40. The van der Waals surface area contributed by atoms with Crippen molar-refractivity contribution in [2.45, 2.75) is 77.6 Å². The second-order valence-corrected chi connectivity index (χ2v) is 12.7. The molecular weight excluding hydrogens is 448 g/mol. The summed E-state index contributed by atoms with van der Waals surface area (Å²) in [5.74, 6) is 1.44. The summed E-state index contributed by atoms with van der Waals surface area (Å²) in [7, 11) is -3.17. The summed E-state index contributed by atoms with van der Waals surface area (Å²) < 4.78 is 32.3. The Balaban J connectivity index is 1.42. The fraction of sp³-hybridized carbons (Fsp3) is 0.826. The third kappa shape index (κ3) is 6.13. The summed E-state index contributed by atoms with van der Waals surface area (Å²) in [5, 5.41) is 0.195. The first kappa shape index (κ1) is 25.7. The number of sulfonamides is 1. The van der Waals surface area contributed by atoms with Crippen LogP contribution in [0.3, 0.4) is 0 Å². The minimum absolute atomic E-state index is 0.0269. The van der Waals surface area contributed by atoms with E-state index >= 15 is 0 Å². The Labute approximate surface area is 198 Å². The van der Waals surface area contributed by atoms with Gasteiger partial charge < -0.3 is 9.64 Å². The van der Waals surface area contributed by atoms with Crippen LogP contribution in [0.2, 0.25) is 5.02 Å². The van der Waals surface area contributed by atoms with Crippen molar-refractivity contribution in [3.63, 3.8) is 0 Å². The minimum Gasteiger partial charge on any atom is -0.377 e. The highest BCUT2D eigenvalue weighted by Gasteiger charge is 2.36. The fourth-order valence-electron chi connectivity index (χ4n) is 5.00. The van der Waals surface area contributed by atoms with Crippen molar-refractivity contribution in [2.24, 2.45) is 11.3 Å². The normalized spacial score (nSPS) is 23.1. The van der Waals surface area contributed by atoms with Crippen molar-refractivity contribution in [1.29, 1.82) is 0 Å². The van der Waals surface area contributed by atoms with Gasteiger partial charge >= 0.3 is 0 Å². The maximum Gasteiger partial charge on any atom is 0.225 e. The maximum absolute atomic E-state index is 12.3. The van der Waals surface area contributed by atoms with E-state index in [2.05, 4.69) is 28.7 Å². The highest BCUT2D eigenvalue weighted by Crippen LogP contribution is 2.42. The summed E-state index contributed by atoms with van der Waals surface area (Å²) in [4.78, 5) is 11.0. The molecule has 1 aromatic rings. The van der Waals surface area contributed by atoms with Crippen molar-refractivity contribution in [2.75, 3.05) is 37.7 Å². The Morgan fingerprint density at radius 2 is 1.84 bits per heavy atom. The van der Waals surface area contributed by atoms with E-state index in [0.717, 1.165) is 57.6 Å². The summed E-state index contributed by atoms with van der Waals surface area (Å²) in [6.07, 6.45) is 9.72. The number of halogens is 1. The predicted molar refractivity (Wildman–Crippen MR) is 130 cm³/mol. The molecule has 1 unspecified atom stereocenters. The molecule has 7 nitrogen and oxygen atoms in total. The van der Waals surface area contributed by atoms with Gasteiger partial charge in [-0.05, 0) is 57.3 Å². The Morgan fingerprint density at radius 3 is 2.44 bits per heavy atom. The van der Waals surface area contributed by atoms with Crippen LogP contribution in [0.25, 0.3) is 0 Å². The molecule has 182 valence electrons. The van der Waals surface area contributed by atoms with E-state index in [1.165, 1.54) is 0 Å². The number of hydrogen-bond acceptors (Lipinski definition) is 6. The number of anilines is 1. The van der Waals surface area contributed by atoms with Crippen LogP contribution in [0.4, 0.5) is 5.95 Å². The van der Waals surface area contributed by atoms with Gasteiger partial charge in [-0.3, -0.25) is 0 Å². The molecule has 32 heavy (non-hydrogen) atoms. The zero-order valence-corrected chi connectivity index (χ0v) is 21.5. The molecule has 0 amide bonds. The third-order valence-corrected chi connectivity index (χ3v) is 9.92. The molecule has 1 aromatic heterocycles. The lowest BCUT2D eigenvalue weighted by molar-refractivity contribution is 0.0457. The van der Waals surface area contributed by atoms with Gasteiger partial charge in [-0.25, -0.2) is 18.4 Å². The molecular formula is C23H39ClN4O3S. The molecule has 0 spiro atoms. The van der Waals surface area contributed by atoms with Crippen molar-refractivity contribution in [1.82, 2.24) is 14.3 Å². The largest absolute Gasteiger partial charge is 0.377 e. The number of rotatable bonds is 10. The Hall–Kier alpha value is -0.960. The number of nitrogens with zero attached hydrogens (tertiary/aromatic N) is 4. The molecule has 0 saturated carbocycles. The van der Waals surface area contributed by atoms with Crippen LogP contribution >= 0.6 is 11.6 Å². The van der Waals surface area contributed by atoms with E-state index in [0.29, 0.717) is 36.1 Å². The fourth-order valence-corrected chi connectivity index (χ4v) is 6.43. The SMILES string of the molecule is CCC(C)(CCCO[C@H]1CCN(S(=O)(=O)C(C)C)C1)C1CCN(c2ncc(Cl)cn2)CC1.